The lowest BCUT2D eigenvalue weighted by Gasteiger charge is -2.31. The molecule has 0 spiro atoms. The number of hydrogen-bond donors (Lipinski definition) is 2. The van der Waals surface area contributed by atoms with Crippen LogP contribution in [-0.4, -0.2) is 10.8 Å². The van der Waals surface area contributed by atoms with Crippen molar-refractivity contribution >= 4 is 12.6 Å². The van der Waals surface area contributed by atoms with Gasteiger partial charge in [0, 0.05) is 10.8 Å². The first kappa shape index (κ1) is 10.3. The second-order valence-electron chi connectivity index (χ2n) is 2.83. The summed E-state index contributed by atoms with van der Waals surface area (Å²) in [6.45, 7) is 6.40. The summed E-state index contributed by atoms with van der Waals surface area (Å²) in [7, 11) is 0. The van der Waals surface area contributed by atoms with Crippen molar-refractivity contribution in [2.75, 3.05) is 0 Å². The molecule has 0 aromatic rings. The van der Waals surface area contributed by atoms with E-state index in [0.717, 1.165) is 19.3 Å². The van der Waals surface area contributed by atoms with Crippen LogP contribution in [0.4, 0.5) is 0 Å². The predicted molar refractivity (Wildman–Crippen MR) is 50.6 cm³/mol. The minimum atomic E-state index is 0.0642. The van der Waals surface area contributed by atoms with Crippen LogP contribution in [0, 0.1) is 0 Å². The van der Waals surface area contributed by atoms with Crippen molar-refractivity contribution in [3.8, 4) is 0 Å². The van der Waals surface area contributed by atoms with Crippen molar-refractivity contribution in [3.63, 3.8) is 0 Å². The Labute approximate surface area is 69.8 Å². The van der Waals surface area contributed by atoms with Gasteiger partial charge < -0.3 is 5.73 Å². The third-order valence-corrected chi connectivity index (χ3v) is 3.32. The summed E-state index contributed by atoms with van der Waals surface area (Å²) in [6, 6.07) is 0.242. The summed E-state index contributed by atoms with van der Waals surface area (Å²) < 4.78 is 0.0642. The summed E-state index contributed by atoms with van der Waals surface area (Å²) in [5, 5.41) is 0. The molecule has 0 rings (SSSR count). The van der Waals surface area contributed by atoms with Crippen LogP contribution < -0.4 is 5.73 Å². The maximum absolute atomic E-state index is 5.90. The Balaban J connectivity index is 4.02. The summed E-state index contributed by atoms with van der Waals surface area (Å²) in [5.41, 5.74) is 5.90. The molecule has 0 saturated heterocycles. The first-order chi connectivity index (χ1) is 4.60. The molecule has 10 heavy (non-hydrogen) atoms. The van der Waals surface area contributed by atoms with Crippen molar-refractivity contribution in [2.24, 2.45) is 5.73 Å². The number of hydrogen-bond acceptors (Lipinski definition) is 2. The van der Waals surface area contributed by atoms with E-state index in [2.05, 4.69) is 33.4 Å². The molecule has 1 nitrogen and oxygen atoms in total. The van der Waals surface area contributed by atoms with Crippen molar-refractivity contribution in [1.29, 1.82) is 0 Å². The first-order valence-corrected chi connectivity index (χ1v) is 4.53. The van der Waals surface area contributed by atoms with Crippen LogP contribution in [0.1, 0.15) is 40.0 Å². The highest BCUT2D eigenvalue weighted by atomic mass is 32.1. The van der Waals surface area contributed by atoms with Crippen molar-refractivity contribution in [2.45, 2.75) is 50.8 Å². The van der Waals surface area contributed by atoms with Gasteiger partial charge in [0.25, 0.3) is 0 Å². The van der Waals surface area contributed by atoms with E-state index in [9.17, 15) is 0 Å². The Morgan fingerprint density at radius 2 is 1.70 bits per heavy atom. The maximum atomic E-state index is 5.90. The first-order valence-electron chi connectivity index (χ1n) is 4.08. The van der Waals surface area contributed by atoms with Gasteiger partial charge in [0.05, 0.1) is 0 Å². The Morgan fingerprint density at radius 1 is 1.30 bits per heavy atom. The lowest BCUT2D eigenvalue weighted by atomic mass is 9.92. The van der Waals surface area contributed by atoms with E-state index >= 15 is 0 Å². The van der Waals surface area contributed by atoms with Gasteiger partial charge in [-0.25, -0.2) is 0 Å². The molecule has 0 aromatic carbocycles. The van der Waals surface area contributed by atoms with E-state index in [-0.39, 0.29) is 10.8 Å². The lowest BCUT2D eigenvalue weighted by molar-refractivity contribution is 0.436. The monoisotopic (exact) mass is 161 g/mol. The van der Waals surface area contributed by atoms with Crippen molar-refractivity contribution < 1.29 is 0 Å². The Hall–Kier alpha value is 0.310. The molecule has 2 N–H and O–H groups in total. The molecular formula is C8H19NS. The fraction of sp³-hybridized carbons (Fsp3) is 1.00. The predicted octanol–water partition coefficient (Wildman–Crippen LogP) is 2.21. The third kappa shape index (κ3) is 2.17. The molecule has 0 aromatic heterocycles. The highest BCUT2D eigenvalue weighted by Gasteiger charge is 2.27. The van der Waals surface area contributed by atoms with E-state index in [4.69, 9.17) is 5.73 Å². The molecule has 1 atom stereocenters. The molecule has 0 aliphatic rings. The van der Waals surface area contributed by atoms with Crippen LogP contribution in [0.15, 0.2) is 0 Å². The van der Waals surface area contributed by atoms with Crippen LogP contribution in [0.25, 0.3) is 0 Å². The van der Waals surface area contributed by atoms with Gasteiger partial charge in [-0.05, 0) is 19.3 Å². The normalized spacial score (nSPS) is 15.3. The molecule has 0 bridgehead atoms. The van der Waals surface area contributed by atoms with Gasteiger partial charge in [0.2, 0.25) is 0 Å². The largest absolute Gasteiger partial charge is 0.326 e. The number of rotatable bonds is 4. The average molecular weight is 161 g/mol. The molecule has 0 radical (unpaired) electrons. The molecule has 0 aliphatic heterocycles. The smallest absolute Gasteiger partial charge is 0.0275 e. The molecule has 62 valence electrons. The van der Waals surface area contributed by atoms with Gasteiger partial charge in [-0.2, -0.15) is 12.6 Å². The minimum Gasteiger partial charge on any atom is -0.326 e. The number of thiol groups is 1. The van der Waals surface area contributed by atoms with Crippen LogP contribution >= 0.6 is 12.6 Å². The number of nitrogens with two attached hydrogens (primary N) is 1. The zero-order valence-corrected chi connectivity index (χ0v) is 8.12. The lowest BCUT2D eigenvalue weighted by Crippen LogP contribution is -2.42. The van der Waals surface area contributed by atoms with Gasteiger partial charge in [-0.1, -0.05) is 20.8 Å². The van der Waals surface area contributed by atoms with E-state index in [1.54, 1.807) is 0 Å². The molecule has 0 fully saturated rings. The molecular weight excluding hydrogens is 142 g/mol. The maximum Gasteiger partial charge on any atom is 0.0275 e. The molecule has 0 heterocycles. The average Bonchev–Trinajstić information content (AvgIpc) is 2.01. The molecule has 0 aliphatic carbocycles. The van der Waals surface area contributed by atoms with Crippen LogP contribution in [0.3, 0.4) is 0 Å². The summed E-state index contributed by atoms with van der Waals surface area (Å²) in [4.78, 5) is 0. The van der Waals surface area contributed by atoms with E-state index in [1.165, 1.54) is 0 Å². The Morgan fingerprint density at radius 3 is 1.80 bits per heavy atom. The van der Waals surface area contributed by atoms with Crippen LogP contribution in [0.2, 0.25) is 0 Å². The third-order valence-electron chi connectivity index (χ3n) is 2.35. The Bertz CT molecular complexity index is 89.3. The summed E-state index contributed by atoms with van der Waals surface area (Å²) in [6.07, 6.45) is 3.13. The zero-order chi connectivity index (χ0) is 8.20. The molecule has 0 saturated carbocycles. The molecule has 1 unspecified atom stereocenters. The fourth-order valence-electron chi connectivity index (χ4n) is 1.15. The van der Waals surface area contributed by atoms with Gasteiger partial charge in [-0.15, -0.1) is 0 Å². The van der Waals surface area contributed by atoms with Gasteiger partial charge in [-0.3, -0.25) is 0 Å². The van der Waals surface area contributed by atoms with Crippen LogP contribution in [0.5, 0.6) is 0 Å². The zero-order valence-electron chi connectivity index (χ0n) is 7.22. The minimum absolute atomic E-state index is 0.0642. The fourth-order valence-corrected chi connectivity index (χ4v) is 1.34. The van der Waals surface area contributed by atoms with E-state index < -0.39 is 0 Å². The van der Waals surface area contributed by atoms with Crippen molar-refractivity contribution in [3.05, 3.63) is 0 Å². The second kappa shape index (κ2) is 4.24. The standard InChI is InChI=1S/C8H19NS/c1-4-7(9)8(10,5-2)6-3/h7,10H,4-6,9H2,1-3H3. The topological polar surface area (TPSA) is 26.0 Å². The quantitative estimate of drug-likeness (QED) is 0.607. The summed E-state index contributed by atoms with van der Waals surface area (Å²) in [5.74, 6) is 0. The van der Waals surface area contributed by atoms with E-state index in [1.807, 2.05) is 0 Å². The highest BCUT2D eigenvalue weighted by Crippen LogP contribution is 2.27. The van der Waals surface area contributed by atoms with Crippen LogP contribution in [-0.2, 0) is 0 Å². The van der Waals surface area contributed by atoms with Gasteiger partial charge >= 0.3 is 0 Å². The molecule has 0 amide bonds. The molecule has 2 heteroatoms. The summed E-state index contributed by atoms with van der Waals surface area (Å²) >= 11 is 4.57. The van der Waals surface area contributed by atoms with Gasteiger partial charge in [0.1, 0.15) is 0 Å². The highest BCUT2D eigenvalue weighted by molar-refractivity contribution is 7.81. The van der Waals surface area contributed by atoms with E-state index in [0.29, 0.717) is 0 Å². The Kier molecular flexibility index (Phi) is 4.37. The second-order valence-corrected chi connectivity index (χ2v) is 3.72. The van der Waals surface area contributed by atoms with Crippen molar-refractivity contribution in [1.82, 2.24) is 0 Å². The SMILES string of the molecule is CCC(N)C(S)(CC)CC. The van der Waals surface area contributed by atoms with Gasteiger partial charge in [0.15, 0.2) is 0 Å².